The Kier molecular flexibility index (Phi) is 6.09. The van der Waals surface area contributed by atoms with Gasteiger partial charge in [-0.15, -0.1) is 0 Å². The summed E-state index contributed by atoms with van der Waals surface area (Å²) >= 11 is 0. The van der Waals surface area contributed by atoms with Crippen LogP contribution in [0.2, 0.25) is 0 Å². The number of aliphatic hydroxyl groups is 2. The number of ether oxygens (including phenoxy) is 3. The Morgan fingerprint density at radius 1 is 1.32 bits per heavy atom. The minimum atomic E-state index is -1.35. The standard InChI is InChI=1S/C16H20O6/c1-2-20-13(17)9-8-12-15(14(18)16(19)22-12)21-10-11-6-4-3-5-7-11/h3-9,12,14-16,18-19H,2,10H2,1H3/b9-8+/t12-,14-,15+,16+/m1/s1. The van der Waals surface area contributed by atoms with E-state index in [1.807, 2.05) is 30.3 Å². The Morgan fingerprint density at radius 2 is 2.05 bits per heavy atom. The lowest BCUT2D eigenvalue weighted by Gasteiger charge is -2.18. The first-order chi connectivity index (χ1) is 10.6. The molecule has 0 aromatic heterocycles. The van der Waals surface area contributed by atoms with Gasteiger partial charge in [-0.1, -0.05) is 30.3 Å². The predicted molar refractivity (Wildman–Crippen MR) is 77.7 cm³/mol. The molecule has 0 bridgehead atoms. The van der Waals surface area contributed by atoms with E-state index in [-0.39, 0.29) is 13.2 Å². The van der Waals surface area contributed by atoms with Gasteiger partial charge in [-0.3, -0.25) is 0 Å². The summed E-state index contributed by atoms with van der Waals surface area (Å²) < 4.78 is 15.6. The molecule has 0 aliphatic carbocycles. The van der Waals surface area contributed by atoms with Crippen LogP contribution < -0.4 is 0 Å². The largest absolute Gasteiger partial charge is 0.463 e. The quantitative estimate of drug-likeness (QED) is 0.596. The van der Waals surface area contributed by atoms with Crippen LogP contribution in [0.15, 0.2) is 42.5 Å². The lowest BCUT2D eigenvalue weighted by Crippen LogP contribution is -2.34. The third kappa shape index (κ3) is 4.38. The molecule has 0 amide bonds. The molecule has 120 valence electrons. The third-order valence-corrected chi connectivity index (χ3v) is 3.24. The molecule has 0 unspecified atom stereocenters. The Morgan fingerprint density at radius 3 is 2.73 bits per heavy atom. The Labute approximate surface area is 128 Å². The molecule has 1 aliphatic rings. The number of rotatable bonds is 6. The fourth-order valence-electron chi connectivity index (χ4n) is 2.15. The monoisotopic (exact) mass is 308 g/mol. The van der Waals surface area contributed by atoms with Crippen molar-refractivity contribution in [3.63, 3.8) is 0 Å². The van der Waals surface area contributed by atoms with Gasteiger partial charge >= 0.3 is 5.97 Å². The van der Waals surface area contributed by atoms with Crippen LogP contribution in [-0.4, -0.2) is 47.4 Å². The van der Waals surface area contributed by atoms with E-state index in [1.54, 1.807) is 6.92 Å². The van der Waals surface area contributed by atoms with Crippen LogP contribution in [0.1, 0.15) is 12.5 Å². The van der Waals surface area contributed by atoms with Crippen LogP contribution in [0.4, 0.5) is 0 Å². The first-order valence-electron chi connectivity index (χ1n) is 7.14. The van der Waals surface area contributed by atoms with Gasteiger partial charge in [0.2, 0.25) is 0 Å². The molecule has 22 heavy (non-hydrogen) atoms. The zero-order valence-corrected chi connectivity index (χ0v) is 12.3. The summed E-state index contributed by atoms with van der Waals surface area (Å²) in [4.78, 5) is 11.3. The van der Waals surface area contributed by atoms with Crippen molar-refractivity contribution in [2.24, 2.45) is 0 Å². The molecule has 4 atom stereocenters. The molecule has 0 radical (unpaired) electrons. The Balaban J connectivity index is 1.97. The van der Waals surface area contributed by atoms with Crippen molar-refractivity contribution in [2.75, 3.05) is 6.61 Å². The molecule has 0 saturated carbocycles. The normalized spacial score (nSPS) is 28.1. The summed E-state index contributed by atoms with van der Waals surface area (Å²) in [5.74, 6) is -0.510. The molecule has 1 aliphatic heterocycles. The van der Waals surface area contributed by atoms with Crippen LogP contribution in [0.3, 0.4) is 0 Å². The van der Waals surface area contributed by atoms with Gasteiger partial charge in [0.05, 0.1) is 13.2 Å². The summed E-state index contributed by atoms with van der Waals surface area (Å²) in [6.45, 7) is 2.24. The van der Waals surface area contributed by atoms with E-state index in [9.17, 15) is 15.0 Å². The molecule has 6 nitrogen and oxygen atoms in total. The number of carbonyl (C=O) groups excluding carboxylic acids is 1. The van der Waals surface area contributed by atoms with Crippen molar-refractivity contribution < 1.29 is 29.2 Å². The third-order valence-electron chi connectivity index (χ3n) is 3.24. The Bertz CT molecular complexity index is 501. The zero-order chi connectivity index (χ0) is 15.9. The minimum absolute atomic E-state index is 0.266. The molecule has 1 aromatic carbocycles. The lowest BCUT2D eigenvalue weighted by molar-refractivity contribution is -0.137. The molecule has 2 N–H and O–H groups in total. The zero-order valence-electron chi connectivity index (χ0n) is 12.3. The molecule has 0 spiro atoms. The van der Waals surface area contributed by atoms with Crippen LogP contribution >= 0.6 is 0 Å². The van der Waals surface area contributed by atoms with Crippen LogP contribution in [-0.2, 0) is 25.6 Å². The average Bonchev–Trinajstić information content (AvgIpc) is 2.79. The molecular weight excluding hydrogens is 288 g/mol. The van der Waals surface area contributed by atoms with Crippen molar-refractivity contribution in [2.45, 2.75) is 38.1 Å². The van der Waals surface area contributed by atoms with Gasteiger partial charge < -0.3 is 24.4 Å². The summed E-state index contributed by atoms with van der Waals surface area (Å²) in [5.41, 5.74) is 0.934. The van der Waals surface area contributed by atoms with Gasteiger partial charge in [0.25, 0.3) is 0 Å². The topological polar surface area (TPSA) is 85.2 Å². The second-order valence-corrected chi connectivity index (χ2v) is 4.85. The van der Waals surface area contributed by atoms with E-state index < -0.39 is 30.6 Å². The average molecular weight is 308 g/mol. The molecule has 6 heteroatoms. The molecule has 1 fully saturated rings. The number of hydrogen-bond acceptors (Lipinski definition) is 6. The van der Waals surface area contributed by atoms with E-state index in [2.05, 4.69) is 0 Å². The Hall–Kier alpha value is -1.73. The number of esters is 1. The van der Waals surface area contributed by atoms with Crippen LogP contribution in [0.5, 0.6) is 0 Å². The van der Waals surface area contributed by atoms with E-state index in [0.717, 1.165) is 5.56 Å². The highest BCUT2D eigenvalue weighted by Gasteiger charge is 2.42. The first-order valence-corrected chi connectivity index (χ1v) is 7.14. The summed E-state index contributed by atoms with van der Waals surface area (Å²) in [7, 11) is 0. The fourth-order valence-corrected chi connectivity index (χ4v) is 2.15. The maximum absolute atomic E-state index is 11.3. The van der Waals surface area contributed by atoms with Gasteiger partial charge in [0, 0.05) is 6.08 Å². The van der Waals surface area contributed by atoms with Gasteiger partial charge in [0.1, 0.15) is 18.3 Å². The lowest BCUT2D eigenvalue weighted by atomic mass is 10.1. The van der Waals surface area contributed by atoms with Gasteiger partial charge in [-0.25, -0.2) is 4.79 Å². The predicted octanol–water partition coefficient (Wildman–Crippen LogP) is 0.769. The maximum Gasteiger partial charge on any atom is 0.330 e. The second-order valence-electron chi connectivity index (χ2n) is 4.85. The highest BCUT2D eigenvalue weighted by molar-refractivity contribution is 5.81. The van der Waals surface area contributed by atoms with Gasteiger partial charge in [-0.05, 0) is 18.6 Å². The van der Waals surface area contributed by atoms with Crippen LogP contribution in [0.25, 0.3) is 0 Å². The van der Waals surface area contributed by atoms with Crippen molar-refractivity contribution in [3.05, 3.63) is 48.0 Å². The van der Waals surface area contributed by atoms with Crippen molar-refractivity contribution in [1.82, 2.24) is 0 Å². The van der Waals surface area contributed by atoms with E-state index in [1.165, 1.54) is 12.2 Å². The number of aliphatic hydroxyl groups excluding tert-OH is 2. The fraction of sp³-hybridized carbons (Fsp3) is 0.438. The number of carbonyl (C=O) groups is 1. The molecule has 1 aromatic rings. The molecule has 2 rings (SSSR count). The summed E-state index contributed by atoms with van der Waals surface area (Å²) in [6, 6.07) is 9.44. The van der Waals surface area contributed by atoms with E-state index in [0.29, 0.717) is 0 Å². The van der Waals surface area contributed by atoms with E-state index >= 15 is 0 Å². The number of benzene rings is 1. The summed E-state index contributed by atoms with van der Waals surface area (Å²) in [5, 5.41) is 19.5. The SMILES string of the molecule is CCOC(=O)/C=C/[C@H]1O[C@H](O)[C@H](O)[C@H]1OCc1ccccc1. The van der Waals surface area contributed by atoms with Crippen molar-refractivity contribution >= 4 is 5.97 Å². The second kappa shape index (κ2) is 8.05. The van der Waals surface area contributed by atoms with Crippen LogP contribution in [0, 0.1) is 0 Å². The van der Waals surface area contributed by atoms with E-state index in [4.69, 9.17) is 14.2 Å². The maximum atomic E-state index is 11.3. The minimum Gasteiger partial charge on any atom is -0.463 e. The van der Waals surface area contributed by atoms with Crippen molar-refractivity contribution in [3.8, 4) is 0 Å². The summed E-state index contributed by atoms with van der Waals surface area (Å²) in [6.07, 6.45) is -1.39. The molecule has 1 saturated heterocycles. The first kappa shape index (κ1) is 16.6. The molecular formula is C16H20O6. The molecule has 1 heterocycles. The number of hydrogen-bond donors (Lipinski definition) is 2. The van der Waals surface area contributed by atoms with Gasteiger partial charge in [-0.2, -0.15) is 0 Å². The van der Waals surface area contributed by atoms with Crippen molar-refractivity contribution in [1.29, 1.82) is 0 Å². The van der Waals surface area contributed by atoms with Gasteiger partial charge in [0.15, 0.2) is 6.29 Å². The smallest absolute Gasteiger partial charge is 0.330 e. The highest BCUT2D eigenvalue weighted by Crippen LogP contribution is 2.24. The highest BCUT2D eigenvalue weighted by atomic mass is 16.7.